The Kier molecular flexibility index (Phi) is 4.90. The highest BCUT2D eigenvalue weighted by Gasteiger charge is 2.33. The number of aliphatic hydroxyl groups is 1. The van der Waals surface area contributed by atoms with Crippen LogP contribution in [0.4, 0.5) is 4.39 Å². The summed E-state index contributed by atoms with van der Waals surface area (Å²) < 4.78 is 18.8. The van der Waals surface area contributed by atoms with Crippen LogP contribution in [0.3, 0.4) is 0 Å². The minimum Gasteiger partial charge on any atom is -0.463 e. The van der Waals surface area contributed by atoms with Crippen LogP contribution in [-0.4, -0.2) is 44.4 Å². The van der Waals surface area contributed by atoms with Crippen molar-refractivity contribution in [1.29, 1.82) is 0 Å². The van der Waals surface area contributed by atoms with Crippen LogP contribution in [0.1, 0.15) is 23.7 Å². The van der Waals surface area contributed by atoms with E-state index in [2.05, 4.69) is 15.1 Å². The molecule has 0 bridgehead atoms. The summed E-state index contributed by atoms with van der Waals surface area (Å²) in [6.07, 6.45) is 5.59. The molecule has 0 aliphatic carbocycles. The lowest BCUT2D eigenvalue weighted by Gasteiger charge is -2.27. The van der Waals surface area contributed by atoms with E-state index in [-0.39, 0.29) is 18.0 Å². The summed E-state index contributed by atoms with van der Waals surface area (Å²) in [6, 6.07) is 13.9. The van der Waals surface area contributed by atoms with E-state index in [1.165, 1.54) is 12.1 Å². The first-order valence-corrected chi connectivity index (χ1v) is 9.90. The normalized spacial score (nSPS) is 18.0. The van der Waals surface area contributed by atoms with Gasteiger partial charge in [-0.1, -0.05) is 18.2 Å². The Labute approximate surface area is 173 Å². The van der Waals surface area contributed by atoms with Crippen LogP contribution in [0, 0.1) is 5.82 Å². The Hall–Kier alpha value is -3.29. The largest absolute Gasteiger partial charge is 0.463 e. The van der Waals surface area contributed by atoms with Gasteiger partial charge in [-0.25, -0.2) is 4.39 Å². The van der Waals surface area contributed by atoms with Crippen molar-refractivity contribution < 1.29 is 13.9 Å². The number of nitrogens with one attached hydrogen (secondary N) is 1. The van der Waals surface area contributed by atoms with Crippen molar-refractivity contribution >= 4 is 0 Å². The van der Waals surface area contributed by atoms with Gasteiger partial charge < -0.3 is 9.52 Å². The van der Waals surface area contributed by atoms with E-state index in [9.17, 15) is 9.50 Å². The Bertz CT molecular complexity index is 1110. The Morgan fingerprint density at radius 1 is 1.10 bits per heavy atom. The number of hydrogen-bond donors (Lipinski definition) is 2. The number of halogens is 1. The molecule has 6 nitrogen and oxygen atoms in total. The number of β-amino-alcohol motifs (C(OH)–C–C–N with tert-alkyl or cyclic N) is 1. The van der Waals surface area contributed by atoms with Crippen molar-refractivity contribution in [2.75, 3.05) is 13.1 Å². The first-order valence-electron chi connectivity index (χ1n) is 9.90. The fourth-order valence-corrected chi connectivity index (χ4v) is 4.05. The second-order valence-electron chi connectivity index (χ2n) is 7.50. The van der Waals surface area contributed by atoms with Gasteiger partial charge in [0, 0.05) is 30.4 Å². The van der Waals surface area contributed by atoms with Crippen molar-refractivity contribution in [1.82, 2.24) is 20.1 Å². The van der Waals surface area contributed by atoms with Gasteiger partial charge in [0.05, 0.1) is 30.3 Å². The molecule has 4 aromatic rings. The van der Waals surface area contributed by atoms with E-state index in [1.54, 1.807) is 30.8 Å². The molecule has 0 amide bonds. The molecule has 4 heterocycles. The Morgan fingerprint density at radius 3 is 2.60 bits per heavy atom. The molecule has 1 aliphatic heterocycles. The molecule has 1 saturated heterocycles. The number of H-pyrrole nitrogens is 1. The average Bonchev–Trinajstić information content (AvgIpc) is 3.52. The fraction of sp³-hybridized carbons (Fsp3) is 0.217. The number of aromatic amines is 1. The van der Waals surface area contributed by atoms with Gasteiger partial charge in [0.2, 0.25) is 0 Å². The summed E-state index contributed by atoms with van der Waals surface area (Å²) in [5, 5.41) is 17.4. The lowest BCUT2D eigenvalue weighted by atomic mass is 9.99. The van der Waals surface area contributed by atoms with Gasteiger partial charge in [-0.3, -0.25) is 15.0 Å². The van der Waals surface area contributed by atoms with Crippen LogP contribution < -0.4 is 0 Å². The zero-order valence-electron chi connectivity index (χ0n) is 16.2. The van der Waals surface area contributed by atoms with Gasteiger partial charge in [0.1, 0.15) is 11.5 Å². The molecule has 30 heavy (non-hydrogen) atoms. The summed E-state index contributed by atoms with van der Waals surface area (Å²) in [5.74, 6) is 0.441. The van der Waals surface area contributed by atoms with E-state index in [4.69, 9.17) is 9.40 Å². The summed E-state index contributed by atoms with van der Waals surface area (Å²) in [5.41, 5.74) is 4.42. The minimum atomic E-state index is -0.357. The van der Waals surface area contributed by atoms with E-state index in [0.29, 0.717) is 12.3 Å². The zero-order chi connectivity index (χ0) is 20.5. The third-order valence-corrected chi connectivity index (χ3v) is 5.53. The lowest BCUT2D eigenvalue weighted by Crippen LogP contribution is -2.29. The summed E-state index contributed by atoms with van der Waals surface area (Å²) >= 11 is 0. The van der Waals surface area contributed by atoms with Crippen LogP contribution in [0.15, 0.2) is 71.6 Å². The summed E-state index contributed by atoms with van der Waals surface area (Å²) in [4.78, 5) is 6.95. The maximum atomic E-state index is 13.2. The second-order valence-corrected chi connectivity index (χ2v) is 7.50. The molecule has 2 unspecified atom stereocenters. The SMILES string of the molecule is OC1CCN(C(c2ccc(-c3ccc(F)cc3)cn2)c2cn[nH]c2-c2ccco2)C1. The number of rotatable bonds is 5. The highest BCUT2D eigenvalue weighted by Crippen LogP contribution is 2.36. The van der Waals surface area contributed by atoms with Crippen LogP contribution >= 0.6 is 0 Å². The fourth-order valence-electron chi connectivity index (χ4n) is 4.05. The predicted octanol–water partition coefficient (Wildman–Crippen LogP) is 4.03. The average molecular weight is 404 g/mol. The monoisotopic (exact) mass is 404 g/mol. The van der Waals surface area contributed by atoms with Crippen molar-refractivity contribution in [2.24, 2.45) is 0 Å². The molecule has 1 fully saturated rings. The van der Waals surface area contributed by atoms with Crippen LogP contribution in [-0.2, 0) is 0 Å². The molecule has 3 aromatic heterocycles. The number of aliphatic hydroxyl groups excluding tert-OH is 1. The number of hydrogen-bond acceptors (Lipinski definition) is 5. The van der Waals surface area contributed by atoms with Crippen LogP contribution in [0.5, 0.6) is 0 Å². The number of aromatic nitrogens is 3. The van der Waals surface area contributed by atoms with Crippen molar-refractivity contribution in [3.8, 4) is 22.6 Å². The predicted molar refractivity (Wildman–Crippen MR) is 110 cm³/mol. The maximum Gasteiger partial charge on any atom is 0.151 e. The lowest BCUT2D eigenvalue weighted by molar-refractivity contribution is 0.166. The Balaban J connectivity index is 1.53. The highest BCUT2D eigenvalue weighted by atomic mass is 19.1. The zero-order valence-corrected chi connectivity index (χ0v) is 16.2. The van der Waals surface area contributed by atoms with E-state index in [0.717, 1.165) is 41.0 Å². The highest BCUT2D eigenvalue weighted by molar-refractivity contribution is 5.63. The van der Waals surface area contributed by atoms with E-state index in [1.807, 2.05) is 24.3 Å². The number of pyridine rings is 1. The molecule has 152 valence electrons. The molecule has 0 spiro atoms. The molecule has 7 heteroatoms. The molecular weight excluding hydrogens is 383 g/mol. The number of benzene rings is 1. The second kappa shape index (κ2) is 7.85. The maximum absolute atomic E-state index is 13.2. The smallest absolute Gasteiger partial charge is 0.151 e. The molecule has 1 aliphatic rings. The molecule has 0 radical (unpaired) electrons. The number of nitrogens with zero attached hydrogens (tertiary/aromatic N) is 3. The van der Waals surface area contributed by atoms with Gasteiger partial charge in [0.25, 0.3) is 0 Å². The van der Waals surface area contributed by atoms with Crippen LogP contribution in [0.2, 0.25) is 0 Å². The number of furan rings is 1. The summed E-state index contributed by atoms with van der Waals surface area (Å²) in [6.45, 7) is 1.32. The van der Waals surface area contributed by atoms with Crippen molar-refractivity contribution in [3.63, 3.8) is 0 Å². The molecule has 5 rings (SSSR count). The first kappa shape index (κ1) is 18.7. The third-order valence-electron chi connectivity index (χ3n) is 5.53. The third kappa shape index (κ3) is 3.53. The topological polar surface area (TPSA) is 78.2 Å². The number of likely N-dealkylation sites (tertiary alicyclic amines) is 1. The van der Waals surface area contributed by atoms with Gasteiger partial charge in [0.15, 0.2) is 5.76 Å². The minimum absolute atomic E-state index is 0.178. The van der Waals surface area contributed by atoms with Crippen molar-refractivity contribution in [3.05, 3.63) is 84.3 Å². The standard InChI is InChI=1S/C23H21FN4O2/c24-17-6-3-15(4-7-17)16-5-8-20(25-12-16)23(28-10-9-18(29)14-28)19-13-26-27-22(19)21-2-1-11-30-21/h1-8,11-13,18,23,29H,9-10,14H2,(H,26,27). The molecular formula is C23H21FN4O2. The molecule has 1 aromatic carbocycles. The quantitative estimate of drug-likeness (QED) is 0.525. The van der Waals surface area contributed by atoms with Gasteiger partial charge >= 0.3 is 0 Å². The summed E-state index contributed by atoms with van der Waals surface area (Å²) in [7, 11) is 0. The Morgan fingerprint density at radius 2 is 1.93 bits per heavy atom. The van der Waals surface area contributed by atoms with E-state index < -0.39 is 0 Å². The molecule has 2 atom stereocenters. The molecule has 0 saturated carbocycles. The van der Waals surface area contributed by atoms with E-state index >= 15 is 0 Å². The van der Waals surface area contributed by atoms with Crippen LogP contribution in [0.25, 0.3) is 22.6 Å². The first-order chi connectivity index (χ1) is 14.7. The molecule has 2 N–H and O–H groups in total. The van der Waals surface area contributed by atoms with Crippen molar-refractivity contribution in [2.45, 2.75) is 18.6 Å². The van der Waals surface area contributed by atoms with Gasteiger partial charge in [-0.05, 0) is 42.3 Å². The van der Waals surface area contributed by atoms with Gasteiger partial charge in [-0.2, -0.15) is 5.10 Å². The van der Waals surface area contributed by atoms with Gasteiger partial charge in [-0.15, -0.1) is 0 Å².